The first kappa shape index (κ1) is 13.0. The van der Waals surface area contributed by atoms with Gasteiger partial charge in [0.25, 0.3) is 5.60 Å². The lowest BCUT2D eigenvalue weighted by molar-refractivity contribution is -0.164. The van der Waals surface area contributed by atoms with E-state index in [2.05, 4.69) is 0 Å². The van der Waals surface area contributed by atoms with E-state index >= 15 is 0 Å². The van der Waals surface area contributed by atoms with E-state index in [0.717, 1.165) is 0 Å². The van der Waals surface area contributed by atoms with Crippen molar-refractivity contribution in [1.82, 2.24) is 0 Å². The Morgan fingerprint density at radius 2 is 1.90 bits per heavy atom. The Balaban J connectivity index is 2.19. The van der Waals surface area contributed by atoms with E-state index in [-0.39, 0.29) is 0 Å². The zero-order valence-electron chi connectivity index (χ0n) is 10.3. The summed E-state index contributed by atoms with van der Waals surface area (Å²) in [6.07, 6.45) is -1.32. The van der Waals surface area contributed by atoms with Gasteiger partial charge in [0.1, 0.15) is 11.9 Å². The molecule has 102 valence electrons. The third-order valence-corrected chi connectivity index (χ3v) is 3.68. The van der Waals surface area contributed by atoms with Crippen LogP contribution < -0.4 is 4.74 Å². The maximum atomic E-state index is 11.8. The number of aliphatic carboxylic acids is 1. The molecule has 2 unspecified atom stereocenters. The first-order valence-electron chi connectivity index (χ1n) is 6.01. The Hall–Kier alpha value is -2.04. The standard InChI is InChI=1S/C15H11ClO4/c16-10-6-7-12-11(8-10)13(17)15(20-12,14(18)19)9-4-2-1-3-5-9/h1-8,13,17H,(H,18,19). The van der Waals surface area contributed by atoms with Crippen LogP contribution in [-0.4, -0.2) is 16.2 Å². The van der Waals surface area contributed by atoms with Crippen molar-refractivity contribution in [2.75, 3.05) is 0 Å². The predicted octanol–water partition coefficient (Wildman–Crippen LogP) is 2.75. The Morgan fingerprint density at radius 3 is 2.55 bits per heavy atom. The molecule has 1 aliphatic rings. The van der Waals surface area contributed by atoms with E-state index in [0.29, 0.717) is 21.9 Å². The van der Waals surface area contributed by atoms with Gasteiger partial charge in [-0.3, -0.25) is 0 Å². The van der Waals surface area contributed by atoms with Gasteiger partial charge in [0.2, 0.25) is 0 Å². The highest BCUT2D eigenvalue weighted by Gasteiger charge is 2.55. The molecule has 2 atom stereocenters. The summed E-state index contributed by atoms with van der Waals surface area (Å²) in [5, 5.41) is 20.5. The lowest BCUT2D eigenvalue weighted by Crippen LogP contribution is -2.43. The van der Waals surface area contributed by atoms with Gasteiger partial charge in [0, 0.05) is 16.1 Å². The minimum atomic E-state index is -1.84. The number of rotatable bonds is 2. The Morgan fingerprint density at radius 1 is 1.20 bits per heavy atom. The summed E-state index contributed by atoms with van der Waals surface area (Å²) in [4.78, 5) is 11.8. The molecule has 0 amide bonds. The van der Waals surface area contributed by atoms with Crippen LogP contribution in [0.1, 0.15) is 17.2 Å². The summed E-state index contributed by atoms with van der Waals surface area (Å²) < 4.78 is 5.60. The molecule has 2 N–H and O–H groups in total. The molecule has 2 aromatic carbocycles. The monoisotopic (exact) mass is 290 g/mol. The highest BCUT2D eigenvalue weighted by atomic mass is 35.5. The summed E-state index contributed by atoms with van der Waals surface area (Å²) in [5.74, 6) is -0.920. The highest BCUT2D eigenvalue weighted by molar-refractivity contribution is 6.30. The average molecular weight is 291 g/mol. The van der Waals surface area contributed by atoms with Crippen molar-refractivity contribution in [3.63, 3.8) is 0 Å². The largest absolute Gasteiger partial charge is 0.478 e. The third kappa shape index (κ3) is 1.69. The van der Waals surface area contributed by atoms with Crippen LogP contribution in [0.4, 0.5) is 0 Å². The van der Waals surface area contributed by atoms with Gasteiger partial charge in [-0.1, -0.05) is 41.9 Å². The van der Waals surface area contributed by atoms with E-state index in [1.165, 1.54) is 6.07 Å². The number of hydrogen-bond donors (Lipinski definition) is 2. The van der Waals surface area contributed by atoms with Gasteiger partial charge >= 0.3 is 5.97 Å². The van der Waals surface area contributed by atoms with Crippen molar-refractivity contribution >= 4 is 17.6 Å². The molecule has 4 nitrogen and oxygen atoms in total. The first-order valence-corrected chi connectivity index (χ1v) is 6.39. The topological polar surface area (TPSA) is 66.8 Å². The van der Waals surface area contributed by atoms with E-state index < -0.39 is 17.7 Å². The third-order valence-electron chi connectivity index (χ3n) is 3.44. The van der Waals surface area contributed by atoms with Crippen LogP contribution in [0.2, 0.25) is 5.02 Å². The molecular weight excluding hydrogens is 280 g/mol. The van der Waals surface area contributed by atoms with Crippen molar-refractivity contribution < 1.29 is 19.7 Å². The lowest BCUT2D eigenvalue weighted by Gasteiger charge is -2.27. The molecule has 1 heterocycles. The SMILES string of the molecule is O=C(O)C1(c2ccccc2)Oc2ccc(Cl)cc2C1O. The van der Waals surface area contributed by atoms with Gasteiger partial charge < -0.3 is 14.9 Å². The molecule has 2 aromatic rings. The van der Waals surface area contributed by atoms with Crippen LogP contribution in [-0.2, 0) is 10.4 Å². The second-order valence-corrected chi connectivity index (χ2v) is 5.03. The Kier molecular flexibility index (Phi) is 2.92. The molecule has 0 fully saturated rings. The number of carboxylic acid groups (broad SMARTS) is 1. The molecule has 0 aromatic heterocycles. The fourth-order valence-electron chi connectivity index (χ4n) is 2.46. The average Bonchev–Trinajstić information content (AvgIpc) is 2.74. The summed E-state index contributed by atoms with van der Waals surface area (Å²) in [5.41, 5.74) is -1.08. The number of carboxylic acids is 1. The Labute approximate surface area is 120 Å². The molecule has 0 bridgehead atoms. The second kappa shape index (κ2) is 4.51. The van der Waals surface area contributed by atoms with Crippen LogP contribution in [0.3, 0.4) is 0 Å². The van der Waals surface area contributed by atoms with E-state index in [9.17, 15) is 15.0 Å². The van der Waals surface area contributed by atoms with Crippen LogP contribution in [0.5, 0.6) is 5.75 Å². The zero-order chi connectivity index (χ0) is 14.3. The van der Waals surface area contributed by atoms with Gasteiger partial charge in [-0.2, -0.15) is 0 Å². The zero-order valence-corrected chi connectivity index (χ0v) is 11.0. The maximum absolute atomic E-state index is 11.8. The Bertz CT molecular complexity index is 671. The van der Waals surface area contributed by atoms with E-state index in [4.69, 9.17) is 16.3 Å². The molecule has 0 saturated carbocycles. The number of hydrogen-bond acceptors (Lipinski definition) is 3. The summed E-state index contributed by atoms with van der Waals surface area (Å²) >= 11 is 5.89. The minimum absolute atomic E-state index is 0.327. The van der Waals surface area contributed by atoms with Crippen LogP contribution in [0.25, 0.3) is 0 Å². The molecule has 0 spiro atoms. The number of aliphatic hydroxyl groups is 1. The highest BCUT2D eigenvalue weighted by Crippen LogP contribution is 2.49. The van der Waals surface area contributed by atoms with Gasteiger partial charge in [0.05, 0.1) is 0 Å². The van der Waals surface area contributed by atoms with Crippen molar-refractivity contribution in [3.8, 4) is 5.75 Å². The van der Waals surface area contributed by atoms with Crippen LogP contribution in [0.15, 0.2) is 48.5 Å². The van der Waals surface area contributed by atoms with Crippen LogP contribution >= 0.6 is 11.6 Å². The number of fused-ring (bicyclic) bond motifs is 1. The minimum Gasteiger partial charge on any atom is -0.478 e. The summed E-state index contributed by atoms with van der Waals surface area (Å²) in [6.45, 7) is 0. The van der Waals surface area contributed by atoms with Gasteiger partial charge in [-0.25, -0.2) is 4.79 Å². The number of aliphatic hydroxyl groups excluding tert-OH is 1. The molecule has 0 radical (unpaired) electrons. The normalized spacial score (nSPS) is 24.0. The molecule has 0 aliphatic carbocycles. The van der Waals surface area contributed by atoms with Gasteiger partial charge in [-0.05, 0) is 18.2 Å². The molecule has 1 aliphatic heterocycles. The first-order chi connectivity index (χ1) is 9.55. The smallest absolute Gasteiger partial charge is 0.356 e. The quantitative estimate of drug-likeness (QED) is 0.892. The van der Waals surface area contributed by atoms with Crippen molar-refractivity contribution in [2.24, 2.45) is 0 Å². The van der Waals surface area contributed by atoms with Gasteiger partial charge in [0.15, 0.2) is 0 Å². The van der Waals surface area contributed by atoms with Gasteiger partial charge in [-0.15, -0.1) is 0 Å². The number of ether oxygens (including phenoxy) is 1. The van der Waals surface area contributed by atoms with Crippen LogP contribution in [0, 0.1) is 0 Å². The molecule has 20 heavy (non-hydrogen) atoms. The lowest BCUT2D eigenvalue weighted by atomic mass is 9.86. The second-order valence-electron chi connectivity index (χ2n) is 4.59. The molecular formula is C15H11ClO4. The van der Waals surface area contributed by atoms with Crippen molar-refractivity contribution in [3.05, 3.63) is 64.7 Å². The number of benzene rings is 2. The number of halogens is 1. The van der Waals surface area contributed by atoms with Crippen molar-refractivity contribution in [2.45, 2.75) is 11.7 Å². The molecule has 0 saturated heterocycles. The fourth-order valence-corrected chi connectivity index (χ4v) is 2.64. The fraction of sp³-hybridized carbons (Fsp3) is 0.133. The van der Waals surface area contributed by atoms with Crippen molar-refractivity contribution in [1.29, 1.82) is 0 Å². The molecule has 3 rings (SSSR count). The summed E-state index contributed by atoms with van der Waals surface area (Å²) in [6, 6.07) is 13.1. The van der Waals surface area contributed by atoms with E-state index in [1.807, 2.05) is 0 Å². The predicted molar refractivity (Wildman–Crippen MR) is 72.8 cm³/mol. The van der Waals surface area contributed by atoms with E-state index in [1.54, 1.807) is 42.5 Å². The molecule has 5 heteroatoms. The maximum Gasteiger partial charge on any atom is 0.356 e. The number of carbonyl (C=O) groups is 1. The summed E-state index contributed by atoms with van der Waals surface area (Å²) in [7, 11) is 0.